The van der Waals surface area contributed by atoms with E-state index in [0.717, 1.165) is 56.1 Å². The van der Waals surface area contributed by atoms with E-state index in [0.29, 0.717) is 32.5 Å². The van der Waals surface area contributed by atoms with Gasteiger partial charge in [0.25, 0.3) is 0 Å². The number of carboxylic acid groups (broad SMARTS) is 1. The maximum Gasteiger partial charge on any atom is 0.410 e. The van der Waals surface area contributed by atoms with Crippen LogP contribution in [-0.4, -0.2) is 53.3 Å². The fraction of sp³-hybridized carbons (Fsp3) is 0.679. The number of hydrogen-bond donors (Lipinski definition) is 1. The highest BCUT2D eigenvalue weighted by molar-refractivity contribution is 5.83. The molecule has 194 valence electrons. The van der Waals surface area contributed by atoms with Crippen molar-refractivity contribution < 1.29 is 29.0 Å². The van der Waals surface area contributed by atoms with Gasteiger partial charge in [0, 0.05) is 19.5 Å². The van der Waals surface area contributed by atoms with Crippen LogP contribution in [0.2, 0.25) is 0 Å². The van der Waals surface area contributed by atoms with Gasteiger partial charge in [0.1, 0.15) is 5.60 Å². The molecule has 1 amide bonds. The fourth-order valence-corrected chi connectivity index (χ4v) is 5.17. The number of nitrogens with zero attached hydrogens (tertiary/aromatic N) is 1. The molecule has 35 heavy (non-hydrogen) atoms. The predicted octanol–water partition coefficient (Wildman–Crippen LogP) is 5.49. The lowest BCUT2D eigenvalue weighted by atomic mass is 9.69. The molecule has 1 heterocycles. The first-order chi connectivity index (χ1) is 16.6. The highest BCUT2D eigenvalue weighted by Gasteiger charge is 2.43. The second kappa shape index (κ2) is 11.9. The number of benzene rings is 1. The molecule has 2 fully saturated rings. The highest BCUT2D eigenvalue weighted by Crippen LogP contribution is 2.41. The molecule has 1 saturated carbocycles. The predicted molar refractivity (Wildman–Crippen MR) is 133 cm³/mol. The van der Waals surface area contributed by atoms with E-state index in [1.807, 2.05) is 39.0 Å². The summed E-state index contributed by atoms with van der Waals surface area (Å²) in [4.78, 5) is 38.4. The van der Waals surface area contributed by atoms with Crippen molar-refractivity contribution in [1.82, 2.24) is 4.90 Å². The standard InChI is InChI=1S/C28H41NO6/c1-27(2,3)35-26(33)29-17-13-22(14-18-29)20-34-25(32)28(15-5-4-6-16-28)23-11-7-9-21(19-23)10-8-12-24(30)31/h7,9,11,19,22H,4-6,8,10,12-18,20H2,1-3H3,(H,30,31). The van der Waals surface area contributed by atoms with Gasteiger partial charge < -0.3 is 19.5 Å². The van der Waals surface area contributed by atoms with Crippen LogP contribution >= 0.6 is 0 Å². The van der Waals surface area contributed by atoms with Crippen molar-refractivity contribution >= 4 is 18.0 Å². The third-order valence-corrected chi connectivity index (χ3v) is 7.15. The number of esters is 1. The summed E-state index contributed by atoms with van der Waals surface area (Å²) < 4.78 is 11.4. The van der Waals surface area contributed by atoms with Gasteiger partial charge in [-0.3, -0.25) is 9.59 Å². The molecule has 0 bridgehead atoms. The second-order valence-electron chi connectivity index (χ2n) is 11.1. The Morgan fingerprint density at radius 3 is 2.40 bits per heavy atom. The minimum atomic E-state index is -0.787. The van der Waals surface area contributed by atoms with Gasteiger partial charge in [-0.25, -0.2) is 4.79 Å². The number of aliphatic carboxylic acids is 1. The zero-order chi connectivity index (χ0) is 25.5. The third-order valence-electron chi connectivity index (χ3n) is 7.15. The molecular formula is C28H41NO6. The average Bonchev–Trinajstić information content (AvgIpc) is 2.82. The average molecular weight is 488 g/mol. The van der Waals surface area contributed by atoms with Crippen molar-refractivity contribution in [1.29, 1.82) is 0 Å². The van der Waals surface area contributed by atoms with Crippen LogP contribution in [0.5, 0.6) is 0 Å². The molecule has 7 heteroatoms. The summed E-state index contributed by atoms with van der Waals surface area (Å²) in [6.07, 6.45) is 7.37. The van der Waals surface area contributed by atoms with Gasteiger partial charge in [-0.2, -0.15) is 0 Å². The first-order valence-corrected chi connectivity index (χ1v) is 13.1. The molecule has 1 saturated heterocycles. The number of carboxylic acids is 1. The molecule has 2 aliphatic rings. The molecule has 0 unspecified atom stereocenters. The van der Waals surface area contributed by atoms with Crippen LogP contribution in [0.3, 0.4) is 0 Å². The quantitative estimate of drug-likeness (QED) is 0.488. The third kappa shape index (κ3) is 7.71. The Morgan fingerprint density at radius 2 is 1.77 bits per heavy atom. The van der Waals surface area contributed by atoms with Gasteiger partial charge in [0.05, 0.1) is 12.0 Å². The van der Waals surface area contributed by atoms with Crippen molar-refractivity contribution in [2.24, 2.45) is 5.92 Å². The maximum absolute atomic E-state index is 13.5. The molecule has 7 nitrogen and oxygen atoms in total. The SMILES string of the molecule is CC(C)(C)OC(=O)N1CCC(COC(=O)C2(c3cccc(CCCC(=O)O)c3)CCCCC2)CC1. The molecule has 0 atom stereocenters. The number of aryl methyl sites for hydroxylation is 1. The first-order valence-electron chi connectivity index (χ1n) is 13.1. The summed E-state index contributed by atoms with van der Waals surface area (Å²) in [6.45, 7) is 7.19. The van der Waals surface area contributed by atoms with E-state index in [9.17, 15) is 14.4 Å². The Hall–Kier alpha value is -2.57. The highest BCUT2D eigenvalue weighted by atomic mass is 16.6. The van der Waals surface area contributed by atoms with Crippen LogP contribution in [0.1, 0.15) is 89.7 Å². The van der Waals surface area contributed by atoms with Crippen LogP contribution in [-0.2, 0) is 30.9 Å². The van der Waals surface area contributed by atoms with Gasteiger partial charge in [0.2, 0.25) is 0 Å². The lowest BCUT2D eigenvalue weighted by Crippen LogP contribution is -2.43. The number of hydrogen-bond acceptors (Lipinski definition) is 5. The number of amides is 1. The van der Waals surface area contributed by atoms with Crippen LogP contribution in [0, 0.1) is 5.92 Å². The van der Waals surface area contributed by atoms with Crippen molar-refractivity contribution in [2.45, 2.75) is 96.0 Å². The molecule has 0 radical (unpaired) electrons. The second-order valence-corrected chi connectivity index (χ2v) is 11.1. The molecule has 0 spiro atoms. The number of carbonyl (C=O) groups is 3. The summed E-state index contributed by atoms with van der Waals surface area (Å²) in [5.41, 5.74) is 0.926. The van der Waals surface area contributed by atoms with Crippen molar-refractivity contribution in [2.75, 3.05) is 19.7 Å². The van der Waals surface area contributed by atoms with E-state index in [4.69, 9.17) is 14.6 Å². The molecule has 0 aromatic heterocycles. The van der Waals surface area contributed by atoms with Crippen molar-refractivity contribution in [3.05, 3.63) is 35.4 Å². The number of ether oxygens (including phenoxy) is 2. The Kier molecular flexibility index (Phi) is 9.20. The fourth-order valence-electron chi connectivity index (χ4n) is 5.17. The minimum Gasteiger partial charge on any atom is -0.481 e. The number of rotatable bonds is 8. The summed E-state index contributed by atoms with van der Waals surface area (Å²) in [5, 5.41) is 8.93. The summed E-state index contributed by atoms with van der Waals surface area (Å²) in [7, 11) is 0. The molecule has 1 aliphatic carbocycles. The van der Waals surface area contributed by atoms with Gasteiger partial charge in [0.15, 0.2) is 0 Å². The van der Waals surface area contributed by atoms with Crippen LogP contribution in [0.15, 0.2) is 24.3 Å². The molecule has 1 aromatic rings. The van der Waals surface area contributed by atoms with Crippen molar-refractivity contribution in [3.8, 4) is 0 Å². The first kappa shape index (κ1) is 27.0. The lowest BCUT2D eigenvalue weighted by Gasteiger charge is -2.37. The van der Waals surface area contributed by atoms with Crippen LogP contribution in [0.4, 0.5) is 4.79 Å². The van der Waals surface area contributed by atoms with Gasteiger partial charge in [-0.1, -0.05) is 43.5 Å². The van der Waals surface area contributed by atoms with Gasteiger partial charge in [-0.05, 0) is 76.3 Å². The molecule has 3 rings (SSSR count). The van der Waals surface area contributed by atoms with Gasteiger partial charge >= 0.3 is 18.0 Å². The van der Waals surface area contributed by atoms with Crippen LogP contribution in [0.25, 0.3) is 0 Å². The summed E-state index contributed by atoms with van der Waals surface area (Å²) >= 11 is 0. The Bertz CT molecular complexity index is 876. The summed E-state index contributed by atoms with van der Waals surface area (Å²) in [6, 6.07) is 8.08. The lowest BCUT2D eigenvalue weighted by molar-refractivity contribution is -0.154. The number of likely N-dealkylation sites (tertiary alicyclic amines) is 1. The zero-order valence-corrected chi connectivity index (χ0v) is 21.5. The van der Waals surface area contributed by atoms with Crippen molar-refractivity contribution in [3.63, 3.8) is 0 Å². The van der Waals surface area contributed by atoms with E-state index in [-0.39, 0.29) is 24.4 Å². The van der Waals surface area contributed by atoms with Gasteiger partial charge in [-0.15, -0.1) is 0 Å². The minimum absolute atomic E-state index is 0.143. The van der Waals surface area contributed by atoms with Crippen LogP contribution < -0.4 is 0 Å². The Labute approximate surface area is 209 Å². The maximum atomic E-state index is 13.5. The zero-order valence-electron chi connectivity index (χ0n) is 21.5. The Balaban J connectivity index is 1.59. The topological polar surface area (TPSA) is 93.1 Å². The van der Waals surface area contributed by atoms with E-state index >= 15 is 0 Å². The summed E-state index contributed by atoms with van der Waals surface area (Å²) in [5.74, 6) is -0.694. The smallest absolute Gasteiger partial charge is 0.410 e. The number of piperidine rings is 1. The molecule has 1 N–H and O–H groups in total. The Morgan fingerprint density at radius 1 is 1.09 bits per heavy atom. The molecule has 1 aromatic carbocycles. The largest absolute Gasteiger partial charge is 0.481 e. The monoisotopic (exact) mass is 487 g/mol. The molecule has 1 aliphatic heterocycles. The van der Waals surface area contributed by atoms with E-state index in [1.54, 1.807) is 4.90 Å². The van der Waals surface area contributed by atoms with E-state index < -0.39 is 17.0 Å². The normalized spacial score (nSPS) is 18.7. The van der Waals surface area contributed by atoms with E-state index in [2.05, 4.69) is 6.07 Å². The molecular weight excluding hydrogens is 446 g/mol. The number of carbonyl (C=O) groups excluding carboxylic acids is 2. The van der Waals surface area contributed by atoms with E-state index in [1.165, 1.54) is 0 Å².